The molecule has 4 aliphatic carbocycles. The molecule has 0 amide bonds. The van der Waals surface area contributed by atoms with E-state index in [1.807, 2.05) is 0 Å². The quantitative estimate of drug-likeness (QED) is 0.645. The smallest absolute Gasteiger partial charge is 0.0832 e. The SMILES string of the molecule is C[C@]12CCC3C(CC[C@H]4[C@H](O)[C@H](O)CC[C@]34C)C1CC[C@@H]2O. The molecule has 3 N–H and O–H groups in total. The van der Waals surface area contributed by atoms with Gasteiger partial charge in [0.05, 0.1) is 18.3 Å². The maximum atomic E-state index is 10.5. The molecule has 0 aliphatic heterocycles. The fourth-order valence-electron chi connectivity index (χ4n) is 7.29. The Balaban J connectivity index is 1.64. The molecule has 4 fully saturated rings. The Morgan fingerprint density at radius 1 is 0.682 bits per heavy atom. The summed E-state index contributed by atoms with van der Waals surface area (Å²) in [6, 6.07) is 0. The van der Waals surface area contributed by atoms with Crippen molar-refractivity contribution >= 4 is 0 Å². The third-order valence-corrected chi connectivity index (χ3v) is 8.68. The second-order valence-corrected chi connectivity index (χ2v) is 9.30. The minimum atomic E-state index is -0.526. The number of rotatable bonds is 0. The fraction of sp³-hybridized carbons (Fsp3) is 1.00. The van der Waals surface area contributed by atoms with Crippen molar-refractivity contribution in [2.45, 2.75) is 83.5 Å². The van der Waals surface area contributed by atoms with Crippen LogP contribution in [0, 0.1) is 34.5 Å². The molecule has 0 aromatic heterocycles. The summed E-state index contributed by atoms with van der Waals surface area (Å²) in [5, 5.41) is 31.1. The van der Waals surface area contributed by atoms with E-state index in [1.165, 1.54) is 19.3 Å². The topological polar surface area (TPSA) is 60.7 Å². The van der Waals surface area contributed by atoms with E-state index in [9.17, 15) is 15.3 Å². The van der Waals surface area contributed by atoms with E-state index in [2.05, 4.69) is 13.8 Å². The van der Waals surface area contributed by atoms with Crippen LogP contribution < -0.4 is 0 Å². The highest BCUT2D eigenvalue weighted by Gasteiger charge is 2.61. The zero-order valence-electron chi connectivity index (χ0n) is 14.0. The van der Waals surface area contributed by atoms with E-state index in [1.54, 1.807) is 0 Å². The van der Waals surface area contributed by atoms with Crippen molar-refractivity contribution in [2.75, 3.05) is 0 Å². The molecule has 22 heavy (non-hydrogen) atoms. The highest BCUT2D eigenvalue weighted by molar-refractivity contribution is 5.10. The lowest BCUT2D eigenvalue weighted by atomic mass is 9.44. The van der Waals surface area contributed by atoms with Crippen molar-refractivity contribution in [3.63, 3.8) is 0 Å². The van der Waals surface area contributed by atoms with Crippen LogP contribution in [0.15, 0.2) is 0 Å². The Morgan fingerprint density at radius 3 is 2.09 bits per heavy atom. The predicted octanol–water partition coefficient (Wildman–Crippen LogP) is 2.72. The molecule has 4 rings (SSSR count). The lowest BCUT2D eigenvalue weighted by molar-refractivity contribution is -0.176. The molecule has 3 nitrogen and oxygen atoms in total. The molecule has 4 saturated carbocycles. The number of hydrogen-bond donors (Lipinski definition) is 3. The predicted molar refractivity (Wildman–Crippen MR) is 85.1 cm³/mol. The maximum absolute atomic E-state index is 10.5. The van der Waals surface area contributed by atoms with E-state index in [0.29, 0.717) is 11.8 Å². The zero-order chi connectivity index (χ0) is 15.7. The average Bonchev–Trinajstić information content (AvgIpc) is 2.79. The molecule has 0 bridgehead atoms. The van der Waals surface area contributed by atoms with Gasteiger partial charge in [0.25, 0.3) is 0 Å². The van der Waals surface area contributed by atoms with Gasteiger partial charge in [0.1, 0.15) is 0 Å². The monoisotopic (exact) mass is 308 g/mol. The molecule has 4 aliphatic rings. The van der Waals surface area contributed by atoms with Gasteiger partial charge in [0.2, 0.25) is 0 Å². The molecule has 0 saturated heterocycles. The summed E-state index contributed by atoms with van der Waals surface area (Å²) >= 11 is 0. The van der Waals surface area contributed by atoms with Gasteiger partial charge in [-0.05, 0) is 85.9 Å². The first-order valence-electron chi connectivity index (χ1n) is 9.42. The van der Waals surface area contributed by atoms with Gasteiger partial charge in [-0.25, -0.2) is 0 Å². The first-order valence-corrected chi connectivity index (χ1v) is 9.42. The maximum Gasteiger partial charge on any atom is 0.0832 e. The van der Waals surface area contributed by atoms with E-state index < -0.39 is 12.2 Å². The third-order valence-electron chi connectivity index (χ3n) is 8.68. The summed E-state index contributed by atoms with van der Waals surface area (Å²) < 4.78 is 0. The zero-order valence-corrected chi connectivity index (χ0v) is 14.0. The van der Waals surface area contributed by atoms with Crippen molar-refractivity contribution in [1.82, 2.24) is 0 Å². The summed E-state index contributed by atoms with van der Waals surface area (Å²) in [5.41, 5.74) is 0.327. The number of aliphatic hydroxyl groups excluding tert-OH is 3. The van der Waals surface area contributed by atoms with Crippen LogP contribution in [-0.4, -0.2) is 33.6 Å². The Morgan fingerprint density at radius 2 is 1.32 bits per heavy atom. The average molecular weight is 308 g/mol. The summed E-state index contributed by atoms with van der Waals surface area (Å²) in [6.07, 6.45) is 7.40. The van der Waals surface area contributed by atoms with E-state index in [-0.39, 0.29) is 22.9 Å². The lowest BCUT2D eigenvalue weighted by Gasteiger charge is -2.61. The van der Waals surface area contributed by atoms with Gasteiger partial charge in [-0.1, -0.05) is 13.8 Å². The van der Waals surface area contributed by atoms with E-state index >= 15 is 0 Å². The molecular formula is C19H32O3. The number of aliphatic hydroxyl groups is 3. The van der Waals surface area contributed by atoms with Gasteiger partial charge in [-0.2, -0.15) is 0 Å². The second kappa shape index (κ2) is 4.94. The van der Waals surface area contributed by atoms with Crippen molar-refractivity contribution < 1.29 is 15.3 Å². The number of fused-ring (bicyclic) bond motifs is 5. The second-order valence-electron chi connectivity index (χ2n) is 9.30. The minimum Gasteiger partial charge on any atom is -0.393 e. The van der Waals surface area contributed by atoms with Crippen molar-refractivity contribution in [3.05, 3.63) is 0 Å². The standard InChI is InChI=1S/C19H32O3/c1-18-10-8-15(20)17(22)14(18)4-3-11-12-5-6-16(21)19(12,2)9-7-13(11)18/h11-17,20-22H,3-10H2,1-2H3/t11?,12?,13?,14-,15+,16-,17-,18+,19-/m0/s1. The molecule has 0 aromatic carbocycles. The summed E-state index contributed by atoms with van der Waals surface area (Å²) in [7, 11) is 0. The van der Waals surface area contributed by atoms with Crippen LogP contribution in [0.25, 0.3) is 0 Å². The van der Waals surface area contributed by atoms with Gasteiger partial charge in [-0.3, -0.25) is 0 Å². The van der Waals surface area contributed by atoms with Crippen LogP contribution in [-0.2, 0) is 0 Å². The van der Waals surface area contributed by atoms with Crippen LogP contribution >= 0.6 is 0 Å². The molecule has 0 spiro atoms. The Hall–Kier alpha value is -0.120. The van der Waals surface area contributed by atoms with Gasteiger partial charge in [-0.15, -0.1) is 0 Å². The van der Waals surface area contributed by atoms with Gasteiger partial charge in [0, 0.05) is 0 Å². The molecule has 9 atom stereocenters. The fourth-order valence-corrected chi connectivity index (χ4v) is 7.29. The Bertz CT molecular complexity index is 452. The van der Waals surface area contributed by atoms with Crippen LogP contribution in [0.4, 0.5) is 0 Å². The Labute approximate surface area is 134 Å². The Kier molecular flexibility index (Phi) is 3.46. The lowest BCUT2D eigenvalue weighted by Crippen LogP contribution is -2.58. The van der Waals surface area contributed by atoms with Crippen molar-refractivity contribution in [3.8, 4) is 0 Å². The van der Waals surface area contributed by atoms with Crippen LogP contribution in [0.2, 0.25) is 0 Å². The number of hydrogen-bond acceptors (Lipinski definition) is 3. The molecule has 3 heteroatoms. The van der Waals surface area contributed by atoms with Crippen LogP contribution in [0.1, 0.15) is 65.2 Å². The molecule has 0 aromatic rings. The first-order chi connectivity index (χ1) is 10.4. The van der Waals surface area contributed by atoms with E-state index in [0.717, 1.165) is 38.0 Å². The van der Waals surface area contributed by atoms with Crippen LogP contribution in [0.5, 0.6) is 0 Å². The van der Waals surface area contributed by atoms with E-state index in [4.69, 9.17) is 0 Å². The molecule has 0 heterocycles. The van der Waals surface area contributed by atoms with Crippen LogP contribution in [0.3, 0.4) is 0 Å². The molecule has 0 radical (unpaired) electrons. The van der Waals surface area contributed by atoms with Gasteiger partial charge >= 0.3 is 0 Å². The normalized spacial score (nSPS) is 61.2. The largest absolute Gasteiger partial charge is 0.393 e. The highest BCUT2D eigenvalue weighted by Crippen LogP contribution is 2.66. The van der Waals surface area contributed by atoms with Gasteiger partial charge < -0.3 is 15.3 Å². The highest BCUT2D eigenvalue weighted by atomic mass is 16.3. The van der Waals surface area contributed by atoms with Crippen molar-refractivity contribution in [2.24, 2.45) is 34.5 Å². The summed E-state index contributed by atoms with van der Waals surface area (Å²) in [4.78, 5) is 0. The minimum absolute atomic E-state index is 0.109. The first kappa shape index (κ1) is 15.4. The molecule has 3 unspecified atom stereocenters. The van der Waals surface area contributed by atoms with Gasteiger partial charge in [0.15, 0.2) is 0 Å². The molecular weight excluding hydrogens is 276 g/mol. The summed E-state index contributed by atoms with van der Waals surface area (Å²) in [6.45, 7) is 4.71. The third kappa shape index (κ3) is 1.85. The van der Waals surface area contributed by atoms with Crippen molar-refractivity contribution in [1.29, 1.82) is 0 Å². The molecule has 126 valence electrons. The summed E-state index contributed by atoms with van der Waals surface area (Å²) in [5.74, 6) is 2.34.